The number of carbonyl (C=O) groups is 3. The van der Waals surface area contributed by atoms with E-state index in [2.05, 4.69) is 0 Å². The van der Waals surface area contributed by atoms with Gasteiger partial charge in [-0.1, -0.05) is 42.5 Å². The number of nitro benzene ring substituents is 1. The fourth-order valence-electron chi connectivity index (χ4n) is 2.66. The van der Waals surface area contributed by atoms with E-state index in [4.69, 9.17) is 0 Å². The minimum absolute atomic E-state index is 0.218. The average Bonchev–Trinajstić information content (AvgIpc) is 2.61. The topological polar surface area (TPSA) is 135 Å². The van der Waals surface area contributed by atoms with E-state index in [0.717, 1.165) is 12.1 Å². The summed E-state index contributed by atoms with van der Waals surface area (Å²) in [7, 11) is 0. The van der Waals surface area contributed by atoms with Crippen molar-refractivity contribution in [3.8, 4) is 0 Å². The summed E-state index contributed by atoms with van der Waals surface area (Å²) in [5, 5.41) is 29.4. The maximum absolute atomic E-state index is 12.5. The van der Waals surface area contributed by atoms with Crippen molar-refractivity contribution in [3.63, 3.8) is 0 Å². The zero-order chi connectivity index (χ0) is 19.3. The van der Waals surface area contributed by atoms with E-state index in [1.54, 1.807) is 30.3 Å². The van der Waals surface area contributed by atoms with Crippen LogP contribution in [0.5, 0.6) is 0 Å². The molecule has 0 saturated carbocycles. The molecular weight excluding hydrogens is 342 g/mol. The van der Waals surface area contributed by atoms with Crippen molar-refractivity contribution < 1.29 is 29.5 Å². The van der Waals surface area contributed by atoms with Gasteiger partial charge in [0.15, 0.2) is 11.7 Å². The molecule has 0 aliphatic carbocycles. The summed E-state index contributed by atoms with van der Waals surface area (Å²) in [4.78, 5) is 45.5. The number of benzene rings is 2. The summed E-state index contributed by atoms with van der Waals surface area (Å²) in [5.41, 5.74) is 0.340. The molecule has 0 fully saturated rings. The molecule has 0 saturated heterocycles. The van der Waals surface area contributed by atoms with Crippen LogP contribution in [0.4, 0.5) is 5.69 Å². The number of hydrogen-bond acceptors (Lipinski definition) is 5. The van der Waals surface area contributed by atoms with E-state index in [0.29, 0.717) is 5.56 Å². The minimum atomic E-state index is -1.86. The standard InChI is InChI=1S/C18H15NO7/c20-15(12-4-2-1-3-5-12)10-14(16(17(21)22)18(23)24)11-6-8-13(9-7-11)19(25)26/h1-9,14,16H,10H2,(H,21,22)(H,23,24). The maximum Gasteiger partial charge on any atom is 0.318 e. The molecule has 0 aromatic heterocycles. The van der Waals surface area contributed by atoms with E-state index in [-0.39, 0.29) is 17.7 Å². The summed E-state index contributed by atoms with van der Waals surface area (Å²) in [6, 6.07) is 12.9. The molecule has 2 aromatic carbocycles. The first kappa shape index (κ1) is 18.8. The first-order valence-corrected chi connectivity index (χ1v) is 7.59. The number of Topliss-reactive ketones (excluding diaryl/α,β-unsaturated/α-hetero) is 1. The maximum atomic E-state index is 12.5. The summed E-state index contributed by atoms with van der Waals surface area (Å²) in [6.45, 7) is 0. The molecule has 1 atom stereocenters. The second kappa shape index (κ2) is 8.02. The zero-order valence-corrected chi connectivity index (χ0v) is 13.4. The van der Waals surface area contributed by atoms with Crippen LogP contribution in [0.1, 0.15) is 28.3 Å². The van der Waals surface area contributed by atoms with Crippen LogP contribution in [-0.4, -0.2) is 32.9 Å². The number of non-ortho nitro benzene ring substituents is 1. The third-order valence-corrected chi connectivity index (χ3v) is 3.97. The Morgan fingerprint density at radius 3 is 1.92 bits per heavy atom. The van der Waals surface area contributed by atoms with Gasteiger partial charge in [0.1, 0.15) is 0 Å². The normalized spacial score (nSPS) is 11.7. The second-order valence-electron chi connectivity index (χ2n) is 5.60. The first-order valence-electron chi connectivity index (χ1n) is 7.59. The van der Waals surface area contributed by atoms with Gasteiger partial charge in [-0.15, -0.1) is 0 Å². The Labute approximate surface area is 147 Å². The van der Waals surface area contributed by atoms with Crippen LogP contribution in [0.2, 0.25) is 0 Å². The molecular formula is C18H15NO7. The Bertz CT molecular complexity index is 816. The summed E-state index contributed by atoms with van der Waals surface area (Å²) < 4.78 is 0. The van der Waals surface area contributed by atoms with Gasteiger partial charge < -0.3 is 10.2 Å². The molecule has 134 valence electrons. The summed E-state index contributed by atoms with van der Waals surface area (Å²) in [6.07, 6.45) is -0.356. The largest absolute Gasteiger partial charge is 0.481 e. The van der Waals surface area contributed by atoms with Gasteiger partial charge in [-0.2, -0.15) is 0 Å². The molecule has 0 aliphatic heterocycles. The number of nitrogens with zero attached hydrogens (tertiary/aromatic N) is 1. The molecule has 8 nitrogen and oxygen atoms in total. The number of rotatable bonds is 8. The van der Waals surface area contributed by atoms with Crippen molar-refractivity contribution in [1.82, 2.24) is 0 Å². The van der Waals surface area contributed by atoms with Crippen LogP contribution < -0.4 is 0 Å². The summed E-state index contributed by atoms with van der Waals surface area (Å²) in [5.74, 6) is -6.60. The number of hydrogen-bond donors (Lipinski definition) is 2. The lowest BCUT2D eigenvalue weighted by Crippen LogP contribution is -2.31. The molecule has 2 N–H and O–H groups in total. The Hall–Kier alpha value is -3.55. The number of nitro groups is 1. The van der Waals surface area contributed by atoms with Crippen molar-refractivity contribution >= 4 is 23.4 Å². The molecule has 1 unspecified atom stereocenters. The number of aliphatic carboxylic acids is 2. The van der Waals surface area contributed by atoms with Crippen LogP contribution >= 0.6 is 0 Å². The average molecular weight is 357 g/mol. The van der Waals surface area contributed by atoms with Gasteiger partial charge in [0.2, 0.25) is 0 Å². The Kier molecular flexibility index (Phi) is 5.79. The van der Waals surface area contributed by atoms with Crippen molar-refractivity contribution in [2.45, 2.75) is 12.3 Å². The number of carboxylic acids is 2. The highest BCUT2D eigenvalue weighted by atomic mass is 16.6. The molecule has 8 heteroatoms. The molecule has 0 aliphatic rings. The van der Waals surface area contributed by atoms with E-state index >= 15 is 0 Å². The van der Waals surface area contributed by atoms with Gasteiger partial charge in [0, 0.05) is 30.0 Å². The van der Waals surface area contributed by atoms with Crippen LogP contribution in [0.25, 0.3) is 0 Å². The molecule has 26 heavy (non-hydrogen) atoms. The van der Waals surface area contributed by atoms with Gasteiger partial charge >= 0.3 is 11.9 Å². The van der Waals surface area contributed by atoms with Gasteiger partial charge in [0.25, 0.3) is 5.69 Å². The fraction of sp³-hybridized carbons (Fsp3) is 0.167. The van der Waals surface area contributed by atoms with E-state index in [9.17, 15) is 34.7 Å². The predicted molar refractivity (Wildman–Crippen MR) is 90.0 cm³/mol. The SMILES string of the molecule is O=C(CC(c1ccc([N+](=O)[O-])cc1)C(C(=O)O)C(=O)O)c1ccccc1. The van der Waals surface area contributed by atoms with Crippen LogP contribution in [0.3, 0.4) is 0 Å². The van der Waals surface area contributed by atoms with E-state index in [1.165, 1.54) is 12.1 Å². The van der Waals surface area contributed by atoms with Gasteiger partial charge in [-0.05, 0) is 5.56 Å². The fourth-order valence-corrected chi connectivity index (χ4v) is 2.66. The van der Waals surface area contributed by atoms with Crippen molar-refractivity contribution in [1.29, 1.82) is 0 Å². The van der Waals surface area contributed by atoms with Crippen LogP contribution in [-0.2, 0) is 9.59 Å². The van der Waals surface area contributed by atoms with Crippen LogP contribution in [0.15, 0.2) is 54.6 Å². The second-order valence-corrected chi connectivity index (χ2v) is 5.60. The third kappa shape index (κ3) is 4.29. The van der Waals surface area contributed by atoms with Crippen molar-refractivity contribution in [3.05, 3.63) is 75.8 Å². The molecule has 0 radical (unpaired) electrons. The van der Waals surface area contributed by atoms with Crippen LogP contribution in [0, 0.1) is 16.0 Å². The zero-order valence-electron chi connectivity index (χ0n) is 13.4. The molecule has 2 aromatic rings. The highest BCUT2D eigenvalue weighted by Crippen LogP contribution is 2.31. The molecule has 0 heterocycles. The molecule has 0 amide bonds. The first-order chi connectivity index (χ1) is 12.3. The lowest BCUT2D eigenvalue weighted by atomic mass is 9.81. The highest BCUT2D eigenvalue weighted by Gasteiger charge is 2.37. The minimum Gasteiger partial charge on any atom is -0.481 e. The number of carboxylic acid groups (broad SMARTS) is 2. The molecule has 0 bridgehead atoms. The van der Waals surface area contributed by atoms with Crippen molar-refractivity contribution in [2.24, 2.45) is 5.92 Å². The quantitative estimate of drug-likeness (QED) is 0.321. The molecule has 2 rings (SSSR count). The molecule has 0 spiro atoms. The number of carbonyl (C=O) groups excluding carboxylic acids is 1. The van der Waals surface area contributed by atoms with Gasteiger partial charge in [-0.25, -0.2) is 0 Å². The predicted octanol–water partition coefficient (Wildman–Crippen LogP) is 2.74. The Balaban J connectivity index is 2.41. The van der Waals surface area contributed by atoms with Gasteiger partial charge in [0.05, 0.1) is 4.92 Å². The smallest absolute Gasteiger partial charge is 0.318 e. The van der Waals surface area contributed by atoms with Crippen molar-refractivity contribution in [2.75, 3.05) is 0 Å². The summed E-state index contributed by atoms with van der Waals surface area (Å²) >= 11 is 0. The lowest BCUT2D eigenvalue weighted by molar-refractivity contribution is -0.384. The Morgan fingerprint density at radius 1 is 0.923 bits per heavy atom. The highest BCUT2D eigenvalue weighted by molar-refractivity contribution is 5.99. The third-order valence-electron chi connectivity index (χ3n) is 3.97. The Morgan fingerprint density at radius 2 is 1.46 bits per heavy atom. The van der Waals surface area contributed by atoms with E-state index < -0.39 is 34.5 Å². The lowest BCUT2D eigenvalue weighted by Gasteiger charge is -2.21. The van der Waals surface area contributed by atoms with E-state index in [1.807, 2.05) is 0 Å². The monoisotopic (exact) mass is 357 g/mol. The number of ketones is 1. The van der Waals surface area contributed by atoms with Gasteiger partial charge in [-0.3, -0.25) is 24.5 Å².